The highest BCUT2D eigenvalue weighted by molar-refractivity contribution is 5.54. The first kappa shape index (κ1) is 15.8. The monoisotopic (exact) mass is 335 g/mol. The van der Waals surface area contributed by atoms with E-state index in [-0.39, 0.29) is 0 Å². The van der Waals surface area contributed by atoms with Gasteiger partial charge in [-0.15, -0.1) is 0 Å². The lowest BCUT2D eigenvalue weighted by molar-refractivity contribution is 0.201. The van der Waals surface area contributed by atoms with Gasteiger partial charge in [-0.1, -0.05) is 0 Å². The van der Waals surface area contributed by atoms with Gasteiger partial charge < -0.3 is 4.57 Å². The quantitative estimate of drug-likeness (QED) is 0.726. The van der Waals surface area contributed by atoms with Crippen molar-refractivity contribution < 1.29 is 0 Å². The average molecular weight is 335 g/mol. The fourth-order valence-electron chi connectivity index (χ4n) is 3.42. The molecule has 25 heavy (non-hydrogen) atoms. The molecular weight excluding hydrogens is 314 g/mol. The van der Waals surface area contributed by atoms with Gasteiger partial charge in [-0.2, -0.15) is 0 Å². The molecule has 1 aliphatic heterocycles. The zero-order chi connectivity index (χ0) is 17.1. The summed E-state index contributed by atoms with van der Waals surface area (Å²) in [5.74, 6) is 1.29. The van der Waals surface area contributed by atoms with Crippen LogP contribution in [0.2, 0.25) is 0 Å². The van der Waals surface area contributed by atoms with Crippen LogP contribution in [-0.2, 0) is 13.6 Å². The second-order valence-electron chi connectivity index (χ2n) is 6.40. The first-order chi connectivity index (χ1) is 12.3. The van der Waals surface area contributed by atoms with E-state index in [9.17, 15) is 0 Å². The molecule has 0 N–H and O–H groups in total. The molecule has 128 valence electrons. The summed E-state index contributed by atoms with van der Waals surface area (Å²) in [7, 11) is 1.99. The van der Waals surface area contributed by atoms with Crippen LogP contribution in [0.4, 0.5) is 0 Å². The third-order valence-electron chi connectivity index (χ3n) is 4.74. The molecule has 4 heterocycles. The molecule has 0 amide bonds. The minimum Gasteiger partial charge on any atom is -0.333 e. The number of piperidine rings is 1. The predicted molar refractivity (Wildman–Crippen MR) is 93.5 cm³/mol. The number of hydrogen-bond acceptors (Lipinski definition) is 6. The number of aromatic nitrogens is 6. The van der Waals surface area contributed by atoms with E-state index >= 15 is 0 Å². The van der Waals surface area contributed by atoms with Crippen molar-refractivity contribution in [3.8, 4) is 11.5 Å². The molecule has 0 saturated carbocycles. The average Bonchev–Trinajstić information content (AvgIpc) is 3.09. The summed E-state index contributed by atoms with van der Waals surface area (Å²) in [4.78, 5) is 24.6. The maximum Gasteiger partial charge on any atom is 0.160 e. The topological polar surface area (TPSA) is 72.6 Å². The molecule has 1 aliphatic rings. The molecule has 7 heteroatoms. The van der Waals surface area contributed by atoms with Crippen LogP contribution < -0.4 is 0 Å². The number of hydrogen-bond donors (Lipinski definition) is 0. The van der Waals surface area contributed by atoms with Crippen LogP contribution in [0.25, 0.3) is 11.5 Å². The summed E-state index contributed by atoms with van der Waals surface area (Å²) in [6.07, 6.45) is 14.7. The zero-order valence-electron chi connectivity index (χ0n) is 14.3. The van der Waals surface area contributed by atoms with Gasteiger partial charge in [-0.25, -0.2) is 9.97 Å². The van der Waals surface area contributed by atoms with Crippen LogP contribution in [0.5, 0.6) is 0 Å². The Morgan fingerprint density at radius 1 is 0.960 bits per heavy atom. The van der Waals surface area contributed by atoms with E-state index < -0.39 is 0 Å². The molecule has 7 nitrogen and oxygen atoms in total. The second kappa shape index (κ2) is 7.06. The largest absolute Gasteiger partial charge is 0.333 e. The molecule has 4 rings (SSSR count). The highest BCUT2D eigenvalue weighted by Crippen LogP contribution is 2.32. The van der Waals surface area contributed by atoms with Gasteiger partial charge in [0.1, 0.15) is 5.69 Å². The van der Waals surface area contributed by atoms with Crippen LogP contribution in [0, 0.1) is 0 Å². The van der Waals surface area contributed by atoms with Crippen molar-refractivity contribution in [1.29, 1.82) is 0 Å². The van der Waals surface area contributed by atoms with E-state index in [0.29, 0.717) is 5.92 Å². The Balaban J connectivity index is 1.47. The summed E-state index contributed by atoms with van der Waals surface area (Å²) < 4.78 is 2.00. The molecule has 3 aromatic heterocycles. The summed E-state index contributed by atoms with van der Waals surface area (Å²) in [5.41, 5.74) is 2.99. The SMILES string of the molecule is Cn1ccnc1-c1nccnc1C1CCN(Cc2cnccn2)CC1. The van der Waals surface area contributed by atoms with Gasteiger partial charge >= 0.3 is 0 Å². The van der Waals surface area contributed by atoms with E-state index in [1.54, 1.807) is 31.0 Å². The maximum absolute atomic E-state index is 4.65. The summed E-state index contributed by atoms with van der Waals surface area (Å²) in [6, 6.07) is 0. The first-order valence-corrected chi connectivity index (χ1v) is 8.57. The van der Waals surface area contributed by atoms with Crippen molar-refractivity contribution in [3.63, 3.8) is 0 Å². The van der Waals surface area contributed by atoms with Gasteiger partial charge in [0.15, 0.2) is 5.82 Å². The molecule has 0 radical (unpaired) electrons. The van der Waals surface area contributed by atoms with E-state index in [4.69, 9.17) is 0 Å². The van der Waals surface area contributed by atoms with Crippen LogP contribution in [0.3, 0.4) is 0 Å². The molecule has 0 atom stereocenters. The molecule has 1 fully saturated rings. The van der Waals surface area contributed by atoms with Gasteiger partial charge in [0, 0.05) is 62.9 Å². The van der Waals surface area contributed by atoms with Crippen LogP contribution in [-0.4, -0.2) is 47.5 Å². The number of rotatable bonds is 4. The Hall–Kier alpha value is -2.67. The lowest BCUT2D eigenvalue weighted by Gasteiger charge is -2.31. The van der Waals surface area contributed by atoms with Crippen molar-refractivity contribution in [2.75, 3.05) is 13.1 Å². The number of nitrogens with zero attached hydrogens (tertiary/aromatic N) is 7. The van der Waals surface area contributed by atoms with Crippen LogP contribution >= 0.6 is 0 Å². The molecule has 0 aliphatic carbocycles. The minimum atomic E-state index is 0.415. The van der Waals surface area contributed by atoms with E-state index in [1.807, 2.05) is 24.0 Å². The second-order valence-corrected chi connectivity index (χ2v) is 6.40. The molecule has 3 aromatic rings. The number of imidazole rings is 1. The normalized spacial score (nSPS) is 16.2. The first-order valence-electron chi connectivity index (χ1n) is 8.57. The lowest BCUT2D eigenvalue weighted by atomic mass is 9.91. The number of aryl methyl sites for hydroxylation is 1. The molecular formula is C18H21N7. The minimum absolute atomic E-state index is 0.415. The van der Waals surface area contributed by atoms with Gasteiger partial charge in [0.05, 0.1) is 11.4 Å². The fraction of sp³-hybridized carbons (Fsp3) is 0.389. The lowest BCUT2D eigenvalue weighted by Crippen LogP contribution is -2.33. The molecule has 1 saturated heterocycles. The van der Waals surface area contributed by atoms with Gasteiger partial charge in [-0.3, -0.25) is 19.9 Å². The fourth-order valence-corrected chi connectivity index (χ4v) is 3.42. The van der Waals surface area contributed by atoms with E-state index in [2.05, 4.69) is 29.8 Å². The van der Waals surface area contributed by atoms with Crippen molar-refractivity contribution in [3.05, 3.63) is 54.8 Å². The summed E-state index contributed by atoms with van der Waals surface area (Å²) in [6.45, 7) is 2.91. The molecule has 0 spiro atoms. The van der Waals surface area contributed by atoms with Gasteiger partial charge in [0.25, 0.3) is 0 Å². The number of likely N-dealkylation sites (tertiary alicyclic amines) is 1. The maximum atomic E-state index is 4.65. The molecule has 0 unspecified atom stereocenters. The Kier molecular flexibility index (Phi) is 4.47. The predicted octanol–water partition coefficient (Wildman–Crippen LogP) is 2.05. The van der Waals surface area contributed by atoms with Crippen molar-refractivity contribution in [1.82, 2.24) is 34.4 Å². The van der Waals surface area contributed by atoms with Crippen molar-refractivity contribution >= 4 is 0 Å². The van der Waals surface area contributed by atoms with E-state index in [1.165, 1.54) is 0 Å². The highest BCUT2D eigenvalue weighted by atomic mass is 15.1. The van der Waals surface area contributed by atoms with Gasteiger partial charge in [-0.05, 0) is 25.9 Å². The summed E-state index contributed by atoms with van der Waals surface area (Å²) in [5, 5.41) is 0. The third kappa shape index (κ3) is 3.41. The van der Waals surface area contributed by atoms with Gasteiger partial charge in [0.2, 0.25) is 0 Å². The Labute approximate surface area is 146 Å². The summed E-state index contributed by atoms with van der Waals surface area (Å²) >= 11 is 0. The van der Waals surface area contributed by atoms with Crippen LogP contribution in [0.1, 0.15) is 30.1 Å². The molecule has 0 bridgehead atoms. The Bertz CT molecular complexity index is 822. The van der Waals surface area contributed by atoms with Crippen LogP contribution in [0.15, 0.2) is 43.4 Å². The highest BCUT2D eigenvalue weighted by Gasteiger charge is 2.25. The Morgan fingerprint density at radius 3 is 2.48 bits per heavy atom. The molecule has 0 aromatic carbocycles. The van der Waals surface area contributed by atoms with E-state index in [0.717, 1.165) is 55.4 Å². The Morgan fingerprint density at radius 2 is 1.76 bits per heavy atom. The van der Waals surface area contributed by atoms with Crippen molar-refractivity contribution in [2.24, 2.45) is 7.05 Å². The third-order valence-corrected chi connectivity index (χ3v) is 4.74. The smallest absolute Gasteiger partial charge is 0.160 e. The standard InChI is InChI=1S/C18H21N7/c1-24-11-8-23-18(24)17-16(21-6-7-22-17)14-2-9-25(10-3-14)13-15-12-19-4-5-20-15/h4-8,11-12,14H,2-3,9-10,13H2,1H3. The zero-order valence-corrected chi connectivity index (χ0v) is 14.3. The van der Waals surface area contributed by atoms with Crippen molar-refractivity contribution in [2.45, 2.75) is 25.3 Å².